The van der Waals surface area contributed by atoms with Crippen LogP contribution in [0.1, 0.15) is 20.8 Å². The molecule has 0 amide bonds. The number of esters is 1. The Bertz CT molecular complexity index is 119. The first kappa shape index (κ1) is 8.12. The lowest BCUT2D eigenvalue weighted by atomic mass is 10.2. The molecule has 0 saturated heterocycles. The highest BCUT2D eigenvalue weighted by molar-refractivity contribution is 5.77. The van der Waals surface area contributed by atoms with Crippen molar-refractivity contribution in [1.29, 1.82) is 0 Å². The summed E-state index contributed by atoms with van der Waals surface area (Å²) in [6, 6.07) is 0. The quantitative estimate of drug-likeness (QED) is 0.301. The van der Waals surface area contributed by atoms with Gasteiger partial charge in [0, 0.05) is 0 Å². The van der Waals surface area contributed by atoms with E-state index in [4.69, 9.17) is 4.74 Å². The van der Waals surface area contributed by atoms with Crippen molar-refractivity contribution in [3.8, 4) is 0 Å². The van der Waals surface area contributed by atoms with E-state index in [1.807, 2.05) is 0 Å². The zero-order chi connectivity index (χ0) is 7.49. The topological polar surface area (TPSA) is 26.3 Å². The molecule has 0 aliphatic heterocycles. The first-order chi connectivity index (χ1) is 3.95. The van der Waals surface area contributed by atoms with Gasteiger partial charge in [0.1, 0.15) is 5.60 Å². The van der Waals surface area contributed by atoms with Crippen LogP contribution in [0.4, 0.5) is 0 Å². The molecule has 0 bridgehead atoms. The van der Waals surface area contributed by atoms with Crippen molar-refractivity contribution in [3.63, 3.8) is 0 Å². The summed E-state index contributed by atoms with van der Waals surface area (Å²) in [5, 5.41) is 0. The summed E-state index contributed by atoms with van der Waals surface area (Å²) in [6.45, 7) is 8.53. The molecule has 0 aromatic carbocycles. The Morgan fingerprint density at radius 2 is 2.00 bits per heavy atom. The van der Waals surface area contributed by atoms with Crippen molar-refractivity contribution in [2.24, 2.45) is 0 Å². The minimum absolute atomic E-state index is 0.429. The smallest absolute Gasteiger partial charge is 0.416 e. The van der Waals surface area contributed by atoms with Crippen LogP contribution in [0.25, 0.3) is 0 Å². The van der Waals surface area contributed by atoms with E-state index < -0.39 is 11.6 Å². The molecule has 2 nitrogen and oxygen atoms in total. The SMILES string of the molecule is C=[C+]C(=O)OC(C)(C)C. The lowest BCUT2D eigenvalue weighted by Crippen LogP contribution is -2.22. The van der Waals surface area contributed by atoms with Crippen molar-refractivity contribution in [2.75, 3.05) is 0 Å². The summed E-state index contributed by atoms with van der Waals surface area (Å²) in [6.07, 6.45) is 2.11. The molecule has 0 saturated carbocycles. The molecule has 0 aliphatic carbocycles. The molecule has 0 N–H and O–H groups in total. The first-order valence-corrected chi connectivity index (χ1v) is 2.72. The van der Waals surface area contributed by atoms with Crippen molar-refractivity contribution in [3.05, 3.63) is 12.7 Å². The lowest BCUT2D eigenvalue weighted by Gasteiger charge is -2.13. The average Bonchev–Trinajstić information content (AvgIpc) is 1.62. The van der Waals surface area contributed by atoms with Crippen LogP contribution in [-0.4, -0.2) is 11.6 Å². The minimum atomic E-state index is -0.498. The Balaban J connectivity index is 3.74. The standard InChI is InChI=1S/C7H11O2/c1-5-6(8)9-7(2,3)4/h1H2,2-4H3/q+1. The summed E-state index contributed by atoms with van der Waals surface area (Å²) in [5.74, 6) is -0.498. The first-order valence-electron chi connectivity index (χ1n) is 2.72. The maximum Gasteiger partial charge on any atom is 0.588 e. The predicted octanol–water partition coefficient (Wildman–Crippen LogP) is 1.32. The Morgan fingerprint density at radius 1 is 1.56 bits per heavy atom. The van der Waals surface area contributed by atoms with Crippen molar-refractivity contribution >= 4 is 5.97 Å². The number of rotatable bonds is 1. The zero-order valence-electron chi connectivity index (χ0n) is 6.02. The molecular formula is C7H11O2+. The molecule has 0 unspecified atom stereocenters. The predicted molar refractivity (Wildman–Crippen MR) is 34.7 cm³/mol. The van der Waals surface area contributed by atoms with Gasteiger partial charge >= 0.3 is 12.0 Å². The number of hydrogen-bond acceptors (Lipinski definition) is 2. The number of hydrogen-bond donors (Lipinski definition) is 0. The second-order valence-corrected chi connectivity index (χ2v) is 2.68. The van der Waals surface area contributed by atoms with Crippen LogP contribution in [0, 0.1) is 6.08 Å². The number of ether oxygens (including phenoxy) is 1. The van der Waals surface area contributed by atoms with Gasteiger partial charge in [0.05, 0.1) is 0 Å². The third kappa shape index (κ3) is 4.98. The molecule has 0 aromatic heterocycles. The molecule has 0 fully saturated rings. The van der Waals surface area contributed by atoms with Gasteiger partial charge in [-0.1, -0.05) is 0 Å². The largest absolute Gasteiger partial charge is 0.588 e. The fraction of sp³-hybridized carbons (Fsp3) is 0.571. The van der Waals surface area contributed by atoms with Gasteiger partial charge in [-0.05, 0) is 20.8 Å². The second-order valence-electron chi connectivity index (χ2n) is 2.68. The molecule has 0 spiro atoms. The van der Waals surface area contributed by atoms with E-state index in [-0.39, 0.29) is 0 Å². The highest BCUT2D eigenvalue weighted by Crippen LogP contribution is 2.06. The fourth-order valence-corrected chi connectivity index (χ4v) is 0.314. The van der Waals surface area contributed by atoms with Gasteiger partial charge in [-0.3, -0.25) is 0 Å². The van der Waals surface area contributed by atoms with Crippen LogP contribution in [0.5, 0.6) is 0 Å². The maximum absolute atomic E-state index is 10.4. The highest BCUT2D eigenvalue weighted by Gasteiger charge is 2.21. The summed E-state index contributed by atoms with van der Waals surface area (Å²) < 4.78 is 4.77. The molecule has 2 heteroatoms. The van der Waals surface area contributed by atoms with Crippen LogP contribution in [0.15, 0.2) is 6.58 Å². The number of carbonyl (C=O) groups excluding carboxylic acids is 1. The highest BCUT2D eigenvalue weighted by atomic mass is 16.6. The van der Waals surface area contributed by atoms with Gasteiger partial charge < -0.3 is 4.74 Å². The zero-order valence-corrected chi connectivity index (χ0v) is 6.02. The summed E-state index contributed by atoms with van der Waals surface area (Å²) in [5.41, 5.74) is -0.429. The van der Waals surface area contributed by atoms with Gasteiger partial charge in [-0.2, -0.15) is 4.79 Å². The lowest BCUT2D eigenvalue weighted by molar-refractivity contribution is -0.149. The summed E-state index contributed by atoms with van der Waals surface area (Å²) >= 11 is 0. The van der Waals surface area contributed by atoms with Crippen molar-refractivity contribution in [1.82, 2.24) is 0 Å². The monoisotopic (exact) mass is 127 g/mol. The van der Waals surface area contributed by atoms with Crippen LogP contribution >= 0.6 is 0 Å². The maximum atomic E-state index is 10.4. The summed E-state index contributed by atoms with van der Waals surface area (Å²) in [7, 11) is 0. The van der Waals surface area contributed by atoms with Crippen LogP contribution < -0.4 is 0 Å². The summed E-state index contributed by atoms with van der Waals surface area (Å²) in [4.78, 5) is 10.4. The third-order valence-electron chi connectivity index (χ3n) is 0.543. The second kappa shape index (κ2) is 2.60. The normalized spacial score (nSPS) is 10.1. The molecule has 0 radical (unpaired) electrons. The molecule has 9 heavy (non-hydrogen) atoms. The van der Waals surface area contributed by atoms with Gasteiger partial charge in [-0.25, -0.2) is 0 Å². The Labute approximate surface area is 55.5 Å². The minimum Gasteiger partial charge on any atom is -0.416 e. The van der Waals surface area contributed by atoms with E-state index >= 15 is 0 Å². The van der Waals surface area contributed by atoms with Crippen LogP contribution in [-0.2, 0) is 9.53 Å². The fourth-order valence-electron chi connectivity index (χ4n) is 0.314. The van der Waals surface area contributed by atoms with E-state index in [2.05, 4.69) is 12.7 Å². The van der Waals surface area contributed by atoms with E-state index in [1.54, 1.807) is 20.8 Å². The van der Waals surface area contributed by atoms with Gasteiger partial charge in [-0.15, -0.1) is 0 Å². The van der Waals surface area contributed by atoms with Crippen LogP contribution in [0.2, 0.25) is 0 Å². The Hall–Kier alpha value is -0.880. The van der Waals surface area contributed by atoms with E-state index in [0.29, 0.717) is 0 Å². The Kier molecular flexibility index (Phi) is 2.35. The molecule has 0 aromatic rings. The third-order valence-corrected chi connectivity index (χ3v) is 0.543. The molecular weight excluding hydrogens is 116 g/mol. The van der Waals surface area contributed by atoms with E-state index in [1.165, 1.54) is 0 Å². The van der Waals surface area contributed by atoms with Crippen LogP contribution in [0.3, 0.4) is 0 Å². The van der Waals surface area contributed by atoms with Gasteiger partial charge in [0.2, 0.25) is 0 Å². The van der Waals surface area contributed by atoms with Crippen molar-refractivity contribution < 1.29 is 9.53 Å². The molecule has 0 aliphatic rings. The van der Waals surface area contributed by atoms with E-state index in [0.717, 1.165) is 0 Å². The molecule has 0 rings (SSSR count). The van der Waals surface area contributed by atoms with Gasteiger partial charge in [0.25, 0.3) is 0 Å². The van der Waals surface area contributed by atoms with E-state index in [9.17, 15) is 4.79 Å². The molecule has 0 heterocycles. The average molecular weight is 127 g/mol. The molecule has 0 atom stereocenters. The number of carbonyl (C=O) groups is 1. The van der Waals surface area contributed by atoms with Gasteiger partial charge in [0.15, 0.2) is 6.58 Å². The van der Waals surface area contributed by atoms with Crippen molar-refractivity contribution in [2.45, 2.75) is 26.4 Å². The molecule has 50 valence electrons. The Morgan fingerprint density at radius 3 is 2.11 bits per heavy atom.